The van der Waals surface area contributed by atoms with Crippen molar-refractivity contribution in [2.75, 3.05) is 6.26 Å². The Hall–Kier alpha value is -1.55. The zero-order valence-electron chi connectivity index (χ0n) is 8.25. The van der Waals surface area contributed by atoms with Gasteiger partial charge in [0.15, 0.2) is 6.29 Å². The molecule has 0 spiro atoms. The summed E-state index contributed by atoms with van der Waals surface area (Å²) in [6, 6.07) is 9.61. The van der Waals surface area contributed by atoms with Gasteiger partial charge in [0.1, 0.15) is 5.69 Å². The van der Waals surface area contributed by atoms with E-state index in [1.165, 1.54) is 4.90 Å². The van der Waals surface area contributed by atoms with Crippen molar-refractivity contribution in [3.63, 3.8) is 0 Å². The number of carbonyl (C=O) groups is 1. The number of carbonyl (C=O) groups excluding carboxylic acids is 1. The first-order valence-corrected chi connectivity index (χ1v) is 5.71. The molecule has 0 saturated heterocycles. The smallest absolute Gasteiger partial charge is 0.168 e. The number of aromatic nitrogens is 2. The highest BCUT2D eigenvalue weighted by atomic mass is 32.2. The molecule has 0 amide bonds. The lowest BCUT2D eigenvalue weighted by atomic mass is 10.3. The summed E-state index contributed by atoms with van der Waals surface area (Å²) in [7, 11) is 0. The Labute approximate surface area is 92.1 Å². The van der Waals surface area contributed by atoms with Gasteiger partial charge in [-0.15, -0.1) is 11.8 Å². The van der Waals surface area contributed by atoms with E-state index in [1.54, 1.807) is 28.7 Å². The van der Waals surface area contributed by atoms with Crippen LogP contribution in [0, 0.1) is 0 Å². The predicted octanol–water partition coefficient (Wildman–Crippen LogP) is 2.41. The lowest BCUT2D eigenvalue weighted by molar-refractivity contribution is 0.111. The van der Waals surface area contributed by atoms with Crippen LogP contribution in [0.4, 0.5) is 0 Å². The largest absolute Gasteiger partial charge is 0.296 e. The van der Waals surface area contributed by atoms with E-state index in [1.807, 2.05) is 30.5 Å². The van der Waals surface area contributed by atoms with Gasteiger partial charge in [0.05, 0.1) is 11.9 Å². The van der Waals surface area contributed by atoms with Gasteiger partial charge in [0.2, 0.25) is 0 Å². The molecule has 0 radical (unpaired) electrons. The highest BCUT2D eigenvalue weighted by Crippen LogP contribution is 2.17. The summed E-state index contributed by atoms with van der Waals surface area (Å²) in [5.74, 6) is 0. The molecule has 2 rings (SSSR count). The molecular weight excluding hydrogens is 208 g/mol. The van der Waals surface area contributed by atoms with Crippen molar-refractivity contribution in [1.29, 1.82) is 0 Å². The van der Waals surface area contributed by atoms with Gasteiger partial charge in [0, 0.05) is 4.90 Å². The molecule has 2 aromatic rings. The molecule has 0 saturated carbocycles. The third-order valence-corrected chi connectivity index (χ3v) is 2.85. The molecule has 0 aliphatic rings. The van der Waals surface area contributed by atoms with Crippen LogP contribution in [0.2, 0.25) is 0 Å². The van der Waals surface area contributed by atoms with Gasteiger partial charge < -0.3 is 0 Å². The summed E-state index contributed by atoms with van der Waals surface area (Å²) in [5, 5.41) is 4.09. The maximum absolute atomic E-state index is 10.7. The van der Waals surface area contributed by atoms with Crippen LogP contribution in [0.3, 0.4) is 0 Å². The van der Waals surface area contributed by atoms with E-state index < -0.39 is 0 Å². The second-order valence-corrected chi connectivity index (χ2v) is 3.86. The third-order valence-electron chi connectivity index (χ3n) is 2.11. The third kappa shape index (κ3) is 1.94. The molecule has 0 aliphatic heterocycles. The molecule has 0 aliphatic carbocycles. The summed E-state index contributed by atoms with van der Waals surface area (Å²) in [4.78, 5) is 11.9. The summed E-state index contributed by atoms with van der Waals surface area (Å²) in [6.45, 7) is 0. The summed E-state index contributed by atoms with van der Waals surface area (Å²) >= 11 is 1.69. The fraction of sp³-hybridized carbons (Fsp3) is 0.0909. The van der Waals surface area contributed by atoms with Gasteiger partial charge in [0.25, 0.3) is 0 Å². The van der Waals surface area contributed by atoms with Gasteiger partial charge in [-0.25, -0.2) is 4.68 Å². The molecule has 0 atom stereocenters. The SMILES string of the molecule is CSc1ccc(-n2nccc2C=O)cc1. The number of aldehydes is 1. The second kappa shape index (κ2) is 4.31. The minimum absolute atomic E-state index is 0.562. The van der Waals surface area contributed by atoms with Crippen LogP contribution >= 0.6 is 11.8 Å². The fourth-order valence-corrected chi connectivity index (χ4v) is 1.75. The zero-order valence-corrected chi connectivity index (χ0v) is 9.07. The van der Waals surface area contributed by atoms with E-state index in [0.29, 0.717) is 5.69 Å². The van der Waals surface area contributed by atoms with Gasteiger partial charge in [-0.05, 0) is 36.6 Å². The first kappa shape index (κ1) is 9.98. The number of nitrogens with zero attached hydrogens (tertiary/aromatic N) is 2. The highest BCUT2D eigenvalue weighted by Gasteiger charge is 2.02. The van der Waals surface area contributed by atoms with Crippen LogP contribution in [0.1, 0.15) is 10.5 Å². The second-order valence-electron chi connectivity index (χ2n) is 2.98. The maximum Gasteiger partial charge on any atom is 0.168 e. The molecule has 76 valence electrons. The normalized spacial score (nSPS) is 10.2. The van der Waals surface area contributed by atoms with Crippen molar-refractivity contribution < 1.29 is 4.79 Å². The van der Waals surface area contributed by atoms with Gasteiger partial charge in [-0.2, -0.15) is 5.10 Å². The van der Waals surface area contributed by atoms with E-state index >= 15 is 0 Å². The number of benzene rings is 1. The average Bonchev–Trinajstić information content (AvgIpc) is 2.77. The monoisotopic (exact) mass is 218 g/mol. The fourth-order valence-electron chi connectivity index (χ4n) is 1.34. The lowest BCUT2D eigenvalue weighted by Crippen LogP contribution is -2.00. The van der Waals surface area contributed by atoms with E-state index in [4.69, 9.17) is 0 Å². The molecule has 0 fully saturated rings. The highest BCUT2D eigenvalue weighted by molar-refractivity contribution is 7.98. The minimum atomic E-state index is 0.562. The molecule has 1 heterocycles. The van der Waals surface area contributed by atoms with Crippen LogP contribution < -0.4 is 0 Å². The molecule has 0 N–H and O–H groups in total. The Balaban J connectivity index is 2.41. The molecule has 1 aromatic carbocycles. The van der Waals surface area contributed by atoms with Crippen LogP contribution in [0.25, 0.3) is 5.69 Å². The molecule has 0 unspecified atom stereocenters. The number of hydrogen-bond donors (Lipinski definition) is 0. The molecular formula is C11H10N2OS. The standard InChI is InChI=1S/C11H10N2OS/c1-15-11-4-2-9(3-5-11)13-10(8-14)6-7-12-13/h2-8H,1H3. The van der Waals surface area contributed by atoms with E-state index in [9.17, 15) is 4.79 Å². The van der Waals surface area contributed by atoms with Crippen molar-refractivity contribution in [2.24, 2.45) is 0 Å². The quantitative estimate of drug-likeness (QED) is 0.586. The Morgan fingerprint density at radius 3 is 2.60 bits per heavy atom. The summed E-state index contributed by atoms with van der Waals surface area (Å²) < 4.78 is 1.62. The molecule has 3 nitrogen and oxygen atoms in total. The average molecular weight is 218 g/mol. The van der Waals surface area contributed by atoms with Crippen molar-refractivity contribution in [3.8, 4) is 5.69 Å². The zero-order chi connectivity index (χ0) is 10.7. The van der Waals surface area contributed by atoms with Gasteiger partial charge >= 0.3 is 0 Å². The first-order valence-electron chi connectivity index (χ1n) is 4.49. The number of thioether (sulfide) groups is 1. The molecule has 15 heavy (non-hydrogen) atoms. The van der Waals surface area contributed by atoms with Crippen molar-refractivity contribution >= 4 is 18.0 Å². The van der Waals surface area contributed by atoms with Crippen molar-refractivity contribution in [1.82, 2.24) is 9.78 Å². The summed E-state index contributed by atoms with van der Waals surface area (Å²) in [6.07, 6.45) is 4.45. The minimum Gasteiger partial charge on any atom is -0.296 e. The summed E-state index contributed by atoms with van der Waals surface area (Å²) in [5.41, 5.74) is 1.46. The van der Waals surface area contributed by atoms with Crippen molar-refractivity contribution in [2.45, 2.75) is 4.90 Å². The van der Waals surface area contributed by atoms with E-state index in [-0.39, 0.29) is 0 Å². The van der Waals surface area contributed by atoms with Crippen molar-refractivity contribution in [3.05, 3.63) is 42.2 Å². The van der Waals surface area contributed by atoms with Gasteiger partial charge in [-0.1, -0.05) is 0 Å². The number of rotatable bonds is 3. The van der Waals surface area contributed by atoms with Crippen LogP contribution in [0.15, 0.2) is 41.4 Å². The molecule has 4 heteroatoms. The topological polar surface area (TPSA) is 34.9 Å². The Morgan fingerprint density at radius 2 is 2.00 bits per heavy atom. The van der Waals surface area contributed by atoms with Crippen LogP contribution in [-0.2, 0) is 0 Å². The van der Waals surface area contributed by atoms with Crippen LogP contribution in [-0.4, -0.2) is 22.3 Å². The van der Waals surface area contributed by atoms with E-state index in [0.717, 1.165) is 12.0 Å². The Morgan fingerprint density at radius 1 is 1.27 bits per heavy atom. The Bertz CT molecular complexity index is 462. The first-order chi connectivity index (χ1) is 7.35. The number of hydrogen-bond acceptors (Lipinski definition) is 3. The van der Waals surface area contributed by atoms with E-state index in [2.05, 4.69) is 5.10 Å². The maximum atomic E-state index is 10.7. The Kier molecular flexibility index (Phi) is 2.87. The molecule has 1 aromatic heterocycles. The van der Waals surface area contributed by atoms with Gasteiger partial charge in [-0.3, -0.25) is 4.79 Å². The molecule has 0 bridgehead atoms. The lowest BCUT2D eigenvalue weighted by Gasteiger charge is -2.03. The van der Waals surface area contributed by atoms with Crippen LogP contribution in [0.5, 0.6) is 0 Å². The predicted molar refractivity (Wildman–Crippen MR) is 60.7 cm³/mol.